The van der Waals surface area contributed by atoms with Crippen LogP contribution in [0.3, 0.4) is 0 Å². The van der Waals surface area contributed by atoms with Crippen LogP contribution in [0.1, 0.15) is 24.0 Å². The molecule has 5 nitrogen and oxygen atoms in total. The number of rotatable bonds is 4. The number of benzene rings is 1. The molecule has 1 aromatic heterocycles. The van der Waals surface area contributed by atoms with E-state index in [0.29, 0.717) is 37.4 Å². The van der Waals surface area contributed by atoms with Gasteiger partial charge in [0.25, 0.3) is 0 Å². The molecule has 0 N–H and O–H groups in total. The maximum Gasteiger partial charge on any atom is 0.416 e. The highest BCUT2D eigenvalue weighted by atomic mass is 19.4. The molecule has 0 atom stereocenters. The summed E-state index contributed by atoms with van der Waals surface area (Å²) in [6.07, 6.45) is 0.235. The Labute approximate surface area is 148 Å². The Hall–Kier alpha value is -2.64. The van der Waals surface area contributed by atoms with Crippen molar-refractivity contribution in [2.24, 2.45) is 5.92 Å². The SMILES string of the molecule is O=C(OCc1ccc(C(F)(F)F)cc1)C1CCN(c2ncccn2)CC1. The third-order valence-corrected chi connectivity index (χ3v) is 4.33. The van der Waals surface area contributed by atoms with Crippen molar-refractivity contribution in [1.82, 2.24) is 9.97 Å². The molecule has 0 spiro atoms. The number of hydrogen-bond acceptors (Lipinski definition) is 5. The maximum absolute atomic E-state index is 12.5. The highest BCUT2D eigenvalue weighted by Crippen LogP contribution is 2.29. The molecule has 1 saturated heterocycles. The molecule has 1 aromatic carbocycles. The van der Waals surface area contributed by atoms with Gasteiger partial charge in [0.05, 0.1) is 11.5 Å². The molecule has 1 aliphatic heterocycles. The van der Waals surface area contributed by atoms with Crippen LogP contribution in [0.25, 0.3) is 0 Å². The summed E-state index contributed by atoms with van der Waals surface area (Å²) in [5.74, 6) is 0.104. The highest BCUT2D eigenvalue weighted by molar-refractivity contribution is 5.72. The van der Waals surface area contributed by atoms with Crippen LogP contribution in [-0.4, -0.2) is 29.0 Å². The minimum absolute atomic E-state index is 0.0288. The van der Waals surface area contributed by atoms with Gasteiger partial charge in [0.1, 0.15) is 6.61 Å². The van der Waals surface area contributed by atoms with Gasteiger partial charge in [-0.15, -0.1) is 0 Å². The first-order valence-corrected chi connectivity index (χ1v) is 8.28. The van der Waals surface area contributed by atoms with Gasteiger partial charge in [-0.05, 0) is 36.6 Å². The summed E-state index contributed by atoms with van der Waals surface area (Å²) in [6, 6.07) is 6.37. The van der Waals surface area contributed by atoms with E-state index >= 15 is 0 Å². The van der Waals surface area contributed by atoms with Crippen LogP contribution >= 0.6 is 0 Å². The van der Waals surface area contributed by atoms with E-state index < -0.39 is 11.7 Å². The van der Waals surface area contributed by atoms with Gasteiger partial charge in [-0.1, -0.05) is 12.1 Å². The molecule has 0 radical (unpaired) electrons. The van der Waals surface area contributed by atoms with Crippen molar-refractivity contribution in [3.63, 3.8) is 0 Å². The van der Waals surface area contributed by atoms with E-state index in [4.69, 9.17) is 4.74 Å². The average molecular weight is 365 g/mol. The number of aromatic nitrogens is 2. The molecule has 8 heteroatoms. The van der Waals surface area contributed by atoms with Gasteiger partial charge >= 0.3 is 12.1 Å². The highest BCUT2D eigenvalue weighted by Gasteiger charge is 2.30. The number of anilines is 1. The lowest BCUT2D eigenvalue weighted by atomic mass is 9.97. The summed E-state index contributed by atoms with van der Waals surface area (Å²) in [7, 11) is 0. The number of halogens is 3. The lowest BCUT2D eigenvalue weighted by molar-refractivity contribution is -0.150. The molecule has 26 heavy (non-hydrogen) atoms. The maximum atomic E-state index is 12.5. The first-order chi connectivity index (χ1) is 12.4. The van der Waals surface area contributed by atoms with Gasteiger partial charge in [-0.3, -0.25) is 4.79 Å². The van der Waals surface area contributed by atoms with E-state index in [0.717, 1.165) is 12.1 Å². The Kier molecular flexibility index (Phi) is 5.39. The van der Waals surface area contributed by atoms with E-state index in [-0.39, 0.29) is 18.5 Å². The van der Waals surface area contributed by atoms with Crippen LogP contribution in [0, 0.1) is 5.92 Å². The predicted octanol–water partition coefficient (Wildman–Crippen LogP) is 3.46. The third-order valence-electron chi connectivity index (χ3n) is 4.33. The molecular formula is C18H18F3N3O2. The minimum atomic E-state index is -4.37. The average Bonchev–Trinajstić information content (AvgIpc) is 2.66. The standard InChI is InChI=1S/C18H18F3N3O2/c19-18(20,21)15-4-2-13(3-5-15)12-26-16(25)14-6-10-24(11-7-14)17-22-8-1-9-23-17/h1-5,8-9,14H,6-7,10-12H2. The number of carbonyl (C=O) groups is 1. The largest absolute Gasteiger partial charge is 0.461 e. The summed E-state index contributed by atoms with van der Waals surface area (Å²) in [5, 5.41) is 0. The number of ether oxygens (including phenoxy) is 1. The second-order valence-electron chi connectivity index (χ2n) is 6.11. The zero-order valence-electron chi connectivity index (χ0n) is 13.9. The molecule has 0 bridgehead atoms. The molecule has 0 saturated carbocycles. The van der Waals surface area contributed by atoms with E-state index in [1.807, 2.05) is 4.90 Å². The van der Waals surface area contributed by atoms with Gasteiger partial charge in [-0.25, -0.2) is 9.97 Å². The molecule has 0 amide bonds. The lowest BCUT2D eigenvalue weighted by Crippen LogP contribution is -2.37. The second-order valence-corrected chi connectivity index (χ2v) is 6.11. The van der Waals surface area contributed by atoms with E-state index in [1.54, 1.807) is 18.5 Å². The number of piperidine rings is 1. The number of carbonyl (C=O) groups excluding carboxylic acids is 1. The fraction of sp³-hybridized carbons (Fsp3) is 0.389. The molecule has 3 rings (SSSR count). The molecule has 1 aliphatic rings. The number of esters is 1. The zero-order valence-corrected chi connectivity index (χ0v) is 13.9. The van der Waals surface area contributed by atoms with Crippen LogP contribution in [0.5, 0.6) is 0 Å². The Morgan fingerprint density at radius 3 is 2.31 bits per heavy atom. The third kappa shape index (κ3) is 4.50. The Balaban J connectivity index is 1.47. The molecular weight excluding hydrogens is 347 g/mol. The van der Waals surface area contributed by atoms with Crippen LogP contribution in [0.2, 0.25) is 0 Å². The van der Waals surface area contributed by atoms with Gasteiger partial charge in [0.15, 0.2) is 0 Å². The molecule has 0 aliphatic carbocycles. The Morgan fingerprint density at radius 2 is 1.73 bits per heavy atom. The van der Waals surface area contributed by atoms with Crippen molar-refractivity contribution in [1.29, 1.82) is 0 Å². The van der Waals surface area contributed by atoms with Crippen LogP contribution in [0.15, 0.2) is 42.7 Å². The van der Waals surface area contributed by atoms with Crippen molar-refractivity contribution in [2.75, 3.05) is 18.0 Å². The van der Waals surface area contributed by atoms with E-state index in [1.165, 1.54) is 12.1 Å². The minimum Gasteiger partial charge on any atom is -0.461 e. The Morgan fingerprint density at radius 1 is 1.12 bits per heavy atom. The summed E-state index contributed by atoms with van der Waals surface area (Å²) >= 11 is 0. The Bertz CT molecular complexity index is 728. The fourth-order valence-electron chi connectivity index (χ4n) is 2.83. The first-order valence-electron chi connectivity index (χ1n) is 8.28. The molecule has 1 fully saturated rings. The number of alkyl halides is 3. The van der Waals surface area contributed by atoms with Crippen molar-refractivity contribution in [3.05, 3.63) is 53.9 Å². The molecule has 2 heterocycles. The van der Waals surface area contributed by atoms with Crippen molar-refractivity contribution >= 4 is 11.9 Å². The normalized spacial score (nSPS) is 15.7. The summed E-state index contributed by atoms with van der Waals surface area (Å²) in [5.41, 5.74) is -0.190. The van der Waals surface area contributed by atoms with Crippen LogP contribution < -0.4 is 4.90 Å². The van der Waals surface area contributed by atoms with Gasteiger partial charge in [0.2, 0.25) is 5.95 Å². The summed E-state index contributed by atoms with van der Waals surface area (Å²) < 4.78 is 42.9. The first kappa shape index (κ1) is 18.2. The van der Waals surface area contributed by atoms with Crippen LogP contribution in [0.4, 0.5) is 19.1 Å². The fourth-order valence-corrected chi connectivity index (χ4v) is 2.83. The molecule has 138 valence electrons. The van der Waals surface area contributed by atoms with Crippen molar-refractivity contribution < 1.29 is 22.7 Å². The summed E-state index contributed by atoms with van der Waals surface area (Å²) in [6.45, 7) is 1.28. The quantitative estimate of drug-likeness (QED) is 0.777. The van der Waals surface area contributed by atoms with Gasteiger partial charge in [0, 0.05) is 25.5 Å². The smallest absolute Gasteiger partial charge is 0.416 e. The van der Waals surface area contributed by atoms with Crippen LogP contribution in [-0.2, 0) is 22.3 Å². The van der Waals surface area contributed by atoms with Crippen molar-refractivity contribution in [2.45, 2.75) is 25.6 Å². The van der Waals surface area contributed by atoms with Gasteiger partial charge in [-0.2, -0.15) is 13.2 Å². The lowest BCUT2D eigenvalue weighted by Gasteiger charge is -2.30. The molecule has 2 aromatic rings. The summed E-state index contributed by atoms with van der Waals surface area (Å²) in [4.78, 5) is 22.6. The van der Waals surface area contributed by atoms with Gasteiger partial charge < -0.3 is 9.64 Å². The number of hydrogen-bond donors (Lipinski definition) is 0. The van der Waals surface area contributed by atoms with Crippen molar-refractivity contribution in [3.8, 4) is 0 Å². The van der Waals surface area contributed by atoms with E-state index in [9.17, 15) is 18.0 Å². The predicted molar refractivity (Wildman–Crippen MR) is 88.2 cm³/mol. The number of nitrogens with zero attached hydrogens (tertiary/aromatic N) is 3. The second kappa shape index (κ2) is 7.72. The zero-order chi connectivity index (χ0) is 18.6. The molecule has 0 unspecified atom stereocenters. The van der Waals surface area contributed by atoms with E-state index in [2.05, 4.69) is 9.97 Å². The topological polar surface area (TPSA) is 55.3 Å². The monoisotopic (exact) mass is 365 g/mol.